The van der Waals surface area contributed by atoms with Gasteiger partial charge in [0.05, 0.1) is 17.1 Å². The molecule has 200 valence electrons. The Labute approximate surface area is 215 Å². The lowest BCUT2D eigenvalue weighted by Gasteiger charge is -2.61. The molecular weight excluding hydrogens is 456 g/mol. The van der Waals surface area contributed by atoms with Crippen LogP contribution in [0.3, 0.4) is 0 Å². The Morgan fingerprint density at radius 1 is 1.08 bits per heavy atom. The number of aliphatic hydroxyl groups is 3. The summed E-state index contributed by atoms with van der Waals surface area (Å²) in [7, 11) is 0. The van der Waals surface area contributed by atoms with Crippen LogP contribution in [0.5, 0.6) is 0 Å². The van der Waals surface area contributed by atoms with Gasteiger partial charge in [0.1, 0.15) is 6.10 Å². The number of ketones is 1. The smallest absolute Gasteiger partial charge is 0.312 e. The fourth-order valence-corrected chi connectivity index (χ4v) is 7.52. The molecule has 0 bridgehead atoms. The molecule has 0 amide bonds. The van der Waals surface area contributed by atoms with E-state index in [4.69, 9.17) is 0 Å². The molecule has 0 aromatic carbocycles. The molecule has 3 aliphatic rings. The molecule has 3 aliphatic carbocycles. The number of rotatable bonds is 6. The molecule has 0 radical (unpaired) electrons. The summed E-state index contributed by atoms with van der Waals surface area (Å²) in [6, 6.07) is 0. The molecular formula is C30H44O6. The molecule has 0 saturated heterocycles. The zero-order chi connectivity index (χ0) is 27.3. The van der Waals surface area contributed by atoms with E-state index >= 15 is 0 Å². The molecule has 4 N–H and O–H groups in total. The van der Waals surface area contributed by atoms with Crippen molar-refractivity contribution >= 4 is 11.8 Å². The van der Waals surface area contributed by atoms with Crippen molar-refractivity contribution in [1.82, 2.24) is 0 Å². The van der Waals surface area contributed by atoms with Crippen LogP contribution in [0.1, 0.15) is 80.6 Å². The van der Waals surface area contributed by atoms with Gasteiger partial charge in [-0.2, -0.15) is 0 Å². The normalized spacial score (nSPS) is 39.9. The summed E-state index contributed by atoms with van der Waals surface area (Å²) in [5.41, 5.74) is -0.392. The number of aliphatic carboxylic acids is 1. The number of carboxylic acid groups (broad SMARTS) is 1. The monoisotopic (exact) mass is 500 g/mol. The van der Waals surface area contributed by atoms with E-state index in [-0.39, 0.29) is 28.4 Å². The minimum Gasteiger partial charge on any atom is -0.481 e. The van der Waals surface area contributed by atoms with Crippen LogP contribution in [0.15, 0.2) is 47.1 Å². The number of hydrogen-bond donors (Lipinski definition) is 4. The highest BCUT2D eigenvalue weighted by atomic mass is 16.4. The zero-order valence-electron chi connectivity index (χ0n) is 22.8. The maximum absolute atomic E-state index is 13.4. The highest BCUT2D eigenvalue weighted by Crippen LogP contribution is 2.69. The lowest BCUT2D eigenvalue weighted by molar-refractivity contribution is -0.194. The van der Waals surface area contributed by atoms with Crippen LogP contribution in [0.25, 0.3) is 0 Å². The molecule has 0 aliphatic heterocycles. The Balaban J connectivity index is 1.89. The first kappa shape index (κ1) is 28.5. The van der Waals surface area contributed by atoms with Crippen LogP contribution in [-0.4, -0.2) is 50.0 Å². The molecule has 3 fully saturated rings. The van der Waals surface area contributed by atoms with E-state index in [1.165, 1.54) is 0 Å². The highest BCUT2D eigenvalue weighted by molar-refractivity contribution is 6.01. The fourth-order valence-electron chi connectivity index (χ4n) is 7.52. The van der Waals surface area contributed by atoms with Gasteiger partial charge in [-0.1, -0.05) is 49.8 Å². The lowest BCUT2D eigenvalue weighted by atomic mass is 9.43. The summed E-state index contributed by atoms with van der Waals surface area (Å²) in [6.45, 7) is 13.0. The quantitative estimate of drug-likeness (QED) is 0.309. The van der Waals surface area contributed by atoms with E-state index in [1.54, 1.807) is 32.9 Å². The number of Topliss-reactive ketones (excluding diaryl/α,β-unsaturated/α-hetero) is 1. The number of hydrogen-bond acceptors (Lipinski definition) is 5. The van der Waals surface area contributed by atoms with E-state index in [1.807, 2.05) is 32.1 Å². The Morgan fingerprint density at radius 3 is 2.31 bits per heavy atom. The summed E-state index contributed by atoms with van der Waals surface area (Å²) in [4.78, 5) is 25.7. The van der Waals surface area contributed by atoms with Gasteiger partial charge in [0.2, 0.25) is 0 Å². The zero-order valence-corrected chi connectivity index (χ0v) is 22.8. The predicted molar refractivity (Wildman–Crippen MR) is 140 cm³/mol. The Kier molecular flexibility index (Phi) is 7.69. The van der Waals surface area contributed by atoms with Crippen molar-refractivity contribution < 1.29 is 30.0 Å². The van der Waals surface area contributed by atoms with Crippen LogP contribution in [-0.2, 0) is 9.59 Å². The van der Waals surface area contributed by atoms with Crippen LogP contribution in [0.4, 0.5) is 0 Å². The van der Waals surface area contributed by atoms with Gasteiger partial charge in [-0.15, -0.1) is 0 Å². The number of carboxylic acids is 1. The molecule has 6 nitrogen and oxygen atoms in total. The molecule has 3 saturated carbocycles. The van der Waals surface area contributed by atoms with Gasteiger partial charge in [-0.25, -0.2) is 0 Å². The van der Waals surface area contributed by atoms with Gasteiger partial charge in [0.15, 0.2) is 5.78 Å². The lowest BCUT2D eigenvalue weighted by Crippen LogP contribution is -2.61. The topological polar surface area (TPSA) is 115 Å². The average molecular weight is 501 g/mol. The van der Waals surface area contributed by atoms with Crippen molar-refractivity contribution in [1.29, 1.82) is 0 Å². The van der Waals surface area contributed by atoms with E-state index in [2.05, 4.69) is 13.8 Å². The second-order valence-electron chi connectivity index (χ2n) is 12.6. The summed E-state index contributed by atoms with van der Waals surface area (Å²) < 4.78 is 0. The number of aliphatic hydroxyl groups excluding tert-OH is 2. The largest absolute Gasteiger partial charge is 0.481 e. The molecule has 0 spiro atoms. The van der Waals surface area contributed by atoms with Crippen LogP contribution < -0.4 is 0 Å². The summed E-state index contributed by atoms with van der Waals surface area (Å²) in [5.74, 6) is -0.933. The summed E-state index contributed by atoms with van der Waals surface area (Å²) in [6.07, 6.45) is 10.2. The third kappa shape index (κ3) is 4.68. The number of fused-ring (bicyclic) bond motifs is 3. The Bertz CT molecular complexity index is 1030. The molecule has 6 heteroatoms. The van der Waals surface area contributed by atoms with Gasteiger partial charge in [-0.3, -0.25) is 9.59 Å². The van der Waals surface area contributed by atoms with Crippen LogP contribution in [0.2, 0.25) is 0 Å². The Morgan fingerprint density at radius 2 is 1.72 bits per heavy atom. The molecule has 7 atom stereocenters. The van der Waals surface area contributed by atoms with Crippen molar-refractivity contribution in [2.24, 2.45) is 28.1 Å². The first-order valence-electron chi connectivity index (χ1n) is 13.1. The molecule has 2 unspecified atom stereocenters. The first-order chi connectivity index (χ1) is 16.5. The minimum atomic E-state index is -1.21. The Hall–Kier alpha value is -2.02. The van der Waals surface area contributed by atoms with Crippen molar-refractivity contribution in [3.05, 3.63) is 47.1 Å². The SMILES string of the molecule is CC(/C=C/C(O)C(C)(C)O)=C\C=C\C(C)=C1\C(=O)C[C@H]2[C@@]3(C)CC[C@@H](O)[C@](C)(C(=O)O)C3CC[C@]12C. The maximum Gasteiger partial charge on any atom is 0.312 e. The van der Waals surface area contributed by atoms with Crippen molar-refractivity contribution in [2.45, 2.75) is 98.4 Å². The predicted octanol–water partition coefficient (Wildman–Crippen LogP) is 4.75. The van der Waals surface area contributed by atoms with Gasteiger partial charge >= 0.3 is 5.97 Å². The van der Waals surface area contributed by atoms with Crippen molar-refractivity contribution in [2.75, 3.05) is 0 Å². The van der Waals surface area contributed by atoms with Gasteiger partial charge < -0.3 is 20.4 Å². The van der Waals surface area contributed by atoms with E-state index in [0.29, 0.717) is 19.3 Å². The highest BCUT2D eigenvalue weighted by Gasteiger charge is 2.67. The molecule has 3 rings (SSSR count). The summed E-state index contributed by atoms with van der Waals surface area (Å²) in [5, 5.41) is 40.6. The van der Waals surface area contributed by atoms with E-state index in [9.17, 15) is 30.0 Å². The van der Waals surface area contributed by atoms with Crippen molar-refractivity contribution in [3.63, 3.8) is 0 Å². The number of allylic oxidation sites excluding steroid dienone is 7. The second-order valence-corrected chi connectivity index (χ2v) is 12.6. The maximum atomic E-state index is 13.4. The first-order valence-corrected chi connectivity index (χ1v) is 13.1. The third-order valence-corrected chi connectivity index (χ3v) is 9.75. The standard InChI is InChI=1S/C30H44O6/c1-18(11-12-23(32)27(3,4)36)9-8-10-19(2)25-20(31)17-22-28(5)16-14-24(33)30(7,26(34)35)21(28)13-15-29(22,25)6/h8-12,21-24,32-33,36H,13-17H2,1-7H3,(H,34,35)/b10-8+,12-11+,18-9+,25-19-/t21?,22-,23?,24+,28-,29-,30+/m0/s1. The fraction of sp³-hybridized carbons (Fsp3) is 0.667. The van der Waals surface area contributed by atoms with Crippen LogP contribution in [0, 0.1) is 28.1 Å². The summed E-state index contributed by atoms with van der Waals surface area (Å²) >= 11 is 0. The molecule has 0 aromatic rings. The minimum absolute atomic E-state index is 0.0457. The van der Waals surface area contributed by atoms with E-state index in [0.717, 1.165) is 29.6 Å². The van der Waals surface area contributed by atoms with Gasteiger partial charge in [-0.05, 0) is 83.1 Å². The average Bonchev–Trinajstić information content (AvgIpc) is 3.05. The van der Waals surface area contributed by atoms with Crippen LogP contribution >= 0.6 is 0 Å². The molecule has 0 heterocycles. The molecule has 36 heavy (non-hydrogen) atoms. The number of carbonyl (C=O) groups is 2. The van der Waals surface area contributed by atoms with Crippen molar-refractivity contribution in [3.8, 4) is 0 Å². The van der Waals surface area contributed by atoms with Gasteiger partial charge in [0, 0.05) is 17.4 Å². The second kappa shape index (κ2) is 9.70. The number of carbonyl (C=O) groups excluding carboxylic acids is 1. The van der Waals surface area contributed by atoms with Gasteiger partial charge in [0.25, 0.3) is 0 Å². The third-order valence-electron chi connectivity index (χ3n) is 9.75. The van der Waals surface area contributed by atoms with E-state index < -0.39 is 29.2 Å². The molecule has 0 aromatic heterocycles.